The van der Waals surface area contributed by atoms with Gasteiger partial charge in [0.05, 0.1) is 13.2 Å². The SMILES string of the molecule is CCC1(C)CC(OC(C)=CC(=O)OC)C(C)C(C)(CC)N1. The van der Waals surface area contributed by atoms with Gasteiger partial charge in [0.15, 0.2) is 0 Å². The average molecular weight is 297 g/mol. The standard InChI is InChI=1S/C17H31NO3/c1-8-16(5)11-14(13(4)17(6,9-2)18-16)21-12(3)10-15(19)20-7/h10,13-14,18H,8-9,11H2,1-7H3. The first kappa shape index (κ1) is 18.0. The van der Waals surface area contributed by atoms with E-state index in [-0.39, 0.29) is 23.2 Å². The molecular formula is C17H31NO3. The quantitative estimate of drug-likeness (QED) is 0.480. The summed E-state index contributed by atoms with van der Waals surface area (Å²) < 4.78 is 10.7. The molecule has 1 saturated heterocycles. The van der Waals surface area contributed by atoms with Crippen molar-refractivity contribution in [1.29, 1.82) is 0 Å². The van der Waals surface area contributed by atoms with Crippen LogP contribution in [0.5, 0.6) is 0 Å². The Kier molecular flexibility index (Phi) is 5.85. The number of esters is 1. The first-order chi connectivity index (χ1) is 9.69. The van der Waals surface area contributed by atoms with Crippen LogP contribution in [0, 0.1) is 5.92 Å². The molecule has 1 rings (SSSR count). The Labute approximate surface area is 129 Å². The van der Waals surface area contributed by atoms with Crippen LogP contribution in [-0.2, 0) is 14.3 Å². The lowest BCUT2D eigenvalue weighted by Crippen LogP contribution is -2.66. The number of piperidine rings is 1. The summed E-state index contributed by atoms with van der Waals surface area (Å²) >= 11 is 0. The minimum Gasteiger partial charge on any atom is -0.494 e. The maximum Gasteiger partial charge on any atom is 0.333 e. The molecule has 0 bridgehead atoms. The van der Waals surface area contributed by atoms with Crippen LogP contribution in [0.15, 0.2) is 11.8 Å². The molecule has 1 fully saturated rings. The van der Waals surface area contributed by atoms with Crippen LogP contribution < -0.4 is 5.32 Å². The van der Waals surface area contributed by atoms with Gasteiger partial charge in [0.2, 0.25) is 0 Å². The molecule has 0 aromatic carbocycles. The monoisotopic (exact) mass is 297 g/mol. The van der Waals surface area contributed by atoms with Gasteiger partial charge >= 0.3 is 5.97 Å². The Hall–Kier alpha value is -1.03. The highest BCUT2D eigenvalue weighted by molar-refractivity contribution is 5.82. The molecule has 1 N–H and O–H groups in total. The number of ether oxygens (including phenoxy) is 2. The third kappa shape index (κ3) is 4.22. The summed E-state index contributed by atoms with van der Waals surface area (Å²) in [5.74, 6) is 0.617. The zero-order chi connectivity index (χ0) is 16.3. The van der Waals surface area contributed by atoms with Crippen molar-refractivity contribution in [1.82, 2.24) is 5.32 Å². The van der Waals surface area contributed by atoms with Crippen molar-refractivity contribution in [2.45, 2.75) is 78.0 Å². The maximum atomic E-state index is 11.3. The molecule has 4 unspecified atom stereocenters. The molecule has 0 spiro atoms. The lowest BCUT2D eigenvalue weighted by Gasteiger charge is -2.53. The highest BCUT2D eigenvalue weighted by atomic mass is 16.5. The molecule has 0 radical (unpaired) electrons. The number of hydrogen-bond acceptors (Lipinski definition) is 4. The van der Waals surface area contributed by atoms with E-state index in [2.05, 4.69) is 44.7 Å². The second-order valence-electron chi connectivity index (χ2n) is 6.74. The fraction of sp³-hybridized carbons (Fsp3) is 0.824. The van der Waals surface area contributed by atoms with Gasteiger partial charge in [0.1, 0.15) is 11.9 Å². The van der Waals surface area contributed by atoms with Crippen molar-refractivity contribution in [3.05, 3.63) is 11.8 Å². The van der Waals surface area contributed by atoms with E-state index < -0.39 is 0 Å². The van der Waals surface area contributed by atoms with Gasteiger partial charge in [0, 0.05) is 23.4 Å². The smallest absolute Gasteiger partial charge is 0.333 e. The lowest BCUT2D eigenvalue weighted by atomic mass is 9.70. The van der Waals surface area contributed by atoms with E-state index in [9.17, 15) is 4.79 Å². The first-order valence-electron chi connectivity index (χ1n) is 7.92. The number of nitrogens with one attached hydrogen (secondary N) is 1. The third-order valence-corrected chi connectivity index (χ3v) is 5.18. The molecule has 4 nitrogen and oxygen atoms in total. The zero-order valence-electron chi connectivity index (χ0n) is 14.6. The minimum absolute atomic E-state index is 0.0409. The minimum atomic E-state index is -0.370. The van der Waals surface area contributed by atoms with Crippen LogP contribution in [0.3, 0.4) is 0 Å². The van der Waals surface area contributed by atoms with Gasteiger partial charge in [-0.25, -0.2) is 4.79 Å². The van der Waals surface area contributed by atoms with Crippen LogP contribution >= 0.6 is 0 Å². The number of allylic oxidation sites excluding steroid dienone is 1. The molecule has 21 heavy (non-hydrogen) atoms. The fourth-order valence-corrected chi connectivity index (χ4v) is 3.17. The van der Waals surface area contributed by atoms with Gasteiger partial charge in [-0.1, -0.05) is 20.8 Å². The number of hydrogen-bond donors (Lipinski definition) is 1. The molecule has 0 aliphatic carbocycles. The van der Waals surface area contributed by atoms with Crippen LogP contribution in [0.2, 0.25) is 0 Å². The second kappa shape index (κ2) is 6.82. The van der Waals surface area contributed by atoms with E-state index in [0.717, 1.165) is 19.3 Å². The van der Waals surface area contributed by atoms with E-state index >= 15 is 0 Å². The summed E-state index contributed by atoms with van der Waals surface area (Å²) in [7, 11) is 1.38. The van der Waals surface area contributed by atoms with Gasteiger partial charge in [-0.3, -0.25) is 0 Å². The van der Waals surface area contributed by atoms with Gasteiger partial charge in [0.25, 0.3) is 0 Å². The van der Waals surface area contributed by atoms with Crippen LogP contribution in [0.4, 0.5) is 0 Å². The van der Waals surface area contributed by atoms with Crippen molar-refractivity contribution in [2.24, 2.45) is 5.92 Å². The molecule has 122 valence electrons. The Morgan fingerprint density at radius 1 is 1.33 bits per heavy atom. The van der Waals surface area contributed by atoms with Gasteiger partial charge in [-0.2, -0.15) is 0 Å². The molecule has 0 saturated carbocycles. The summed E-state index contributed by atoms with van der Waals surface area (Å²) in [5.41, 5.74) is 0.104. The summed E-state index contributed by atoms with van der Waals surface area (Å²) in [6.45, 7) is 13.0. The molecule has 0 amide bonds. The first-order valence-corrected chi connectivity index (χ1v) is 7.92. The highest BCUT2D eigenvalue weighted by Crippen LogP contribution is 2.39. The van der Waals surface area contributed by atoms with E-state index in [1.165, 1.54) is 13.2 Å². The van der Waals surface area contributed by atoms with Crippen molar-refractivity contribution in [3.63, 3.8) is 0 Å². The molecule has 1 heterocycles. The number of methoxy groups -OCH3 is 1. The Morgan fingerprint density at radius 3 is 2.43 bits per heavy atom. The topological polar surface area (TPSA) is 47.6 Å². The molecule has 0 aromatic rings. The highest BCUT2D eigenvalue weighted by Gasteiger charge is 2.47. The largest absolute Gasteiger partial charge is 0.494 e. The molecule has 4 atom stereocenters. The zero-order valence-corrected chi connectivity index (χ0v) is 14.6. The molecule has 4 heteroatoms. The molecule has 0 aromatic heterocycles. The third-order valence-electron chi connectivity index (χ3n) is 5.18. The van der Waals surface area contributed by atoms with Crippen LogP contribution in [-0.4, -0.2) is 30.3 Å². The fourth-order valence-electron chi connectivity index (χ4n) is 3.17. The van der Waals surface area contributed by atoms with Crippen molar-refractivity contribution in [2.75, 3.05) is 7.11 Å². The van der Waals surface area contributed by atoms with E-state index in [1.54, 1.807) is 0 Å². The van der Waals surface area contributed by atoms with E-state index in [4.69, 9.17) is 4.74 Å². The van der Waals surface area contributed by atoms with E-state index in [1.807, 2.05) is 6.92 Å². The molecule has 1 aliphatic heterocycles. The van der Waals surface area contributed by atoms with Gasteiger partial charge < -0.3 is 14.8 Å². The number of carbonyl (C=O) groups excluding carboxylic acids is 1. The summed E-state index contributed by atoms with van der Waals surface area (Å²) in [4.78, 5) is 11.3. The van der Waals surface area contributed by atoms with Crippen LogP contribution in [0.25, 0.3) is 0 Å². The number of rotatable bonds is 5. The predicted molar refractivity (Wildman–Crippen MR) is 85.0 cm³/mol. The van der Waals surface area contributed by atoms with Crippen molar-refractivity contribution in [3.8, 4) is 0 Å². The normalized spacial score (nSPS) is 37.2. The number of carbonyl (C=O) groups is 1. The Morgan fingerprint density at radius 2 is 1.95 bits per heavy atom. The average Bonchev–Trinajstić information content (AvgIpc) is 2.44. The van der Waals surface area contributed by atoms with Crippen molar-refractivity contribution >= 4 is 5.97 Å². The Balaban J connectivity index is 2.93. The second-order valence-corrected chi connectivity index (χ2v) is 6.74. The summed E-state index contributed by atoms with van der Waals surface area (Å²) in [5, 5.41) is 3.82. The summed E-state index contributed by atoms with van der Waals surface area (Å²) in [6, 6.07) is 0. The Bertz CT molecular complexity index is 407. The molecule has 1 aliphatic rings. The predicted octanol–water partition coefficient (Wildman–Crippen LogP) is 3.42. The van der Waals surface area contributed by atoms with Crippen molar-refractivity contribution < 1.29 is 14.3 Å². The summed E-state index contributed by atoms with van der Waals surface area (Å²) in [6.07, 6.45) is 4.55. The lowest BCUT2D eigenvalue weighted by molar-refractivity contribution is -0.135. The van der Waals surface area contributed by atoms with E-state index in [0.29, 0.717) is 11.7 Å². The van der Waals surface area contributed by atoms with Gasteiger partial charge in [-0.15, -0.1) is 0 Å². The maximum absolute atomic E-state index is 11.3. The molecular weight excluding hydrogens is 266 g/mol. The van der Waals surface area contributed by atoms with Crippen LogP contribution in [0.1, 0.15) is 60.8 Å². The van der Waals surface area contributed by atoms with Gasteiger partial charge in [-0.05, 0) is 33.6 Å².